The summed E-state index contributed by atoms with van der Waals surface area (Å²) in [6, 6.07) is 29.2. The van der Waals surface area contributed by atoms with Gasteiger partial charge in [0.1, 0.15) is 0 Å². The van der Waals surface area contributed by atoms with Crippen molar-refractivity contribution in [3.05, 3.63) is 96.1 Å². The second kappa shape index (κ2) is 14.9. The number of carboxylic acids is 1. The molecule has 160 valence electrons. The first kappa shape index (κ1) is 25.0. The lowest BCUT2D eigenvalue weighted by atomic mass is 10.0. The van der Waals surface area contributed by atoms with Crippen LogP contribution in [0.4, 0.5) is 0 Å². The maximum absolute atomic E-state index is 9.52. The summed E-state index contributed by atoms with van der Waals surface area (Å²) in [5.74, 6) is -0.836. The Balaban J connectivity index is 0.000000256. The maximum atomic E-state index is 9.52. The van der Waals surface area contributed by atoms with Crippen molar-refractivity contribution in [2.45, 2.75) is 25.8 Å². The van der Waals surface area contributed by atoms with Gasteiger partial charge in [0.25, 0.3) is 0 Å². The Morgan fingerprint density at radius 1 is 0.800 bits per heavy atom. The van der Waals surface area contributed by atoms with Gasteiger partial charge >= 0.3 is 5.97 Å². The van der Waals surface area contributed by atoms with Crippen LogP contribution in [0.5, 0.6) is 0 Å². The Morgan fingerprint density at radius 3 is 1.67 bits per heavy atom. The molecule has 3 aromatic carbocycles. The molecule has 0 spiro atoms. The van der Waals surface area contributed by atoms with Crippen LogP contribution in [-0.2, 0) is 11.2 Å². The summed E-state index contributed by atoms with van der Waals surface area (Å²) >= 11 is 0. The number of rotatable bonds is 6. The van der Waals surface area contributed by atoms with Gasteiger partial charge < -0.3 is 22.3 Å². The van der Waals surface area contributed by atoms with Crippen molar-refractivity contribution in [1.82, 2.24) is 0 Å². The third-order valence-corrected chi connectivity index (χ3v) is 4.18. The predicted octanol–water partition coefficient (Wildman–Crippen LogP) is 3.98. The van der Waals surface area contributed by atoms with Crippen molar-refractivity contribution in [3.8, 4) is 11.1 Å². The highest BCUT2D eigenvalue weighted by atomic mass is 16.4. The van der Waals surface area contributed by atoms with Crippen molar-refractivity contribution in [2.24, 2.45) is 17.2 Å². The monoisotopic (exact) mass is 407 g/mol. The zero-order valence-electron chi connectivity index (χ0n) is 17.6. The molecule has 0 heterocycles. The van der Waals surface area contributed by atoms with Crippen molar-refractivity contribution in [3.63, 3.8) is 0 Å². The fourth-order valence-electron chi connectivity index (χ4n) is 2.54. The number of aliphatic carboxylic acids is 1. The van der Waals surface area contributed by atoms with Crippen LogP contribution in [0.25, 0.3) is 11.1 Å². The average molecular weight is 408 g/mol. The number of hydrogen-bond acceptors (Lipinski definition) is 4. The number of nitrogens with two attached hydrogens (primary N) is 3. The van der Waals surface area contributed by atoms with Crippen LogP contribution < -0.4 is 17.2 Å². The molecule has 1 atom stereocenters. The van der Waals surface area contributed by atoms with Gasteiger partial charge in [0.2, 0.25) is 0 Å². The molecule has 5 nitrogen and oxygen atoms in total. The fourth-order valence-corrected chi connectivity index (χ4v) is 2.54. The van der Waals surface area contributed by atoms with E-state index in [9.17, 15) is 4.79 Å². The minimum atomic E-state index is -0.836. The smallest absolute Gasteiger partial charge is 0.304 e. The molecule has 1 unspecified atom stereocenters. The van der Waals surface area contributed by atoms with E-state index in [1.54, 1.807) is 0 Å². The molecule has 30 heavy (non-hydrogen) atoms. The summed E-state index contributed by atoms with van der Waals surface area (Å²) in [6.07, 6.45) is 1.02. The van der Waals surface area contributed by atoms with Gasteiger partial charge in [0, 0.05) is 12.6 Å². The molecule has 0 aromatic heterocycles. The van der Waals surface area contributed by atoms with Crippen molar-refractivity contribution < 1.29 is 9.90 Å². The minimum Gasteiger partial charge on any atom is -0.481 e. The van der Waals surface area contributed by atoms with Crippen molar-refractivity contribution in [2.75, 3.05) is 13.1 Å². The average Bonchev–Trinajstić information content (AvgIpc) is 2.76. The van der Waals surface area contributed by atoms with E-state index in [1.165, 1.54) is 22.3 Å². The van der Waals surface area contributed by atoms with E-state index in [0.717, 1.165) is 6.42 Å². The molecule has 3 aromatic rings. The highest BCUT2D eigenvalue weighted by Gasteiger charge is 1.96. The topological polar surface area (TPSA) is 115 Å². The van der Waals surface area contributed by atoms with Crippen LogP contribution in [0.1, 0.15) is 30.5 Å². The molecule has 3 rings (SSSR count). The Bertz CT molecular complexity index is 820. The minimum absolute atomic E-state index is 0.0694. The molecule has 0 aliphatic rings. The highest BCUT2D eigenvalue weighted by Crippen LogP contribution is 2.19. The third-order valence-electron chi connectivity index (χ3n) is 4.18. The van der Waals surface area contributed by atoms with E-state index in [2.05, 4.69) is 48.5 Å². The first-order valence-corrected chi connectivity index (χ1v) is 10.0. The van der Waals surface area contributed by atoms with Gasteiger partial charge in [-0.15, -0.1) is 0 Å². The van der Waals surface area contributed by atoms with Gasteiger partial charge in [-0.25, -0.2) is 0 Å². The second-order valence-electron chi connectivity index (χ2n) is 6.73. The summed E-state index contributed by atoms with van der Waals surface area (Å²) in [5.41, 5.74) is 21.0. The Labute approximate surface area is 179 Å². The largest absolute Gasteiger partial charge is 0.481 e. The molecular formula is C25H33N3O2. The molecule has 0 radical (unpaired) electrons. The van der Waals surface area contributed by atoms with Gasteiger partial charge in [-0.1, -0.05) is 84.9 Å². The zero-order chi connectivity index (χ0) is 22.2. The third kappa shape index (κ3) is 10.5. The Kier molecular flexibility index (Phi) is 12.5. The van der Waals surface area contributed by atoms with Crippen LogP contribution >= 0.6 is 0 Å². The molecule has 0 aliphatic carbocycles. The van der Waals surface area contributed by atoms with Crippen molar-refractivity contribution in [1.29, 1.82) is 0 Å². The Morgan fingerprint density at radius 2 is 1.30 bits per heavy atom. The predicted molar refractivity (Wildman–Crippen MR) is 125 cm³/mol. The molecular weight excluding hydrogens is 374 g/mol. The van der Waals surface area contributed by atoms with Crippen LogP contribution in [-0.4, -0.2) is 24.2 Å². The van der Waals surface area contributed by atoms with Crippen molar-refractivity contribution >= 4 is 5.97 Å². The highest BCUT2D eigenvalue weighted by molar-refractivity contribution is 5.66. The lowest BCUT2D eigenvalue weighted by molar-refractivity contribution is -0.136. The van der Waals surface area contributed by atoms with E-state index < -0.39 is 5.97 Å². The van der Waals surface area contributed by atoms with Crippen LogP contribution in [0, 0.1) is 0 Å². The summed E-state index contributed by atoms with van der Waals surface area (Å²) in [5, 5.41) is 7.83. The Hall–Kier alpha value is -2.99. The maximum Gasteiger partial charge on any atom is 0.304 e. The van der Waals surface area contributed by atoms with Gasteiger partial charge in [-0.3, -0.25) is 4.79 Å². The molecule has 0 saturated carbocycles. The SMILES string of the molecule is CC(N)c1ccccc1.NCCC(=O)O.NCCc1ccc(-c2ccccc2)cc1. The molecule has 0 saturated heterocycles. The van der Waals surface area contributed by atoms with Gasteiger partial charge in [-0.2, -0.15) is 0 Å². The number of benzene rings is 3. The summed E-state index contributed by atoms with van der Waals surface area (Å²) in [7, 11) is 0. The lowest BCUT2D eigenvalue weighted by Gasteiger charge is -2.03. The van der Waals surface area contributed by atoms with E-state index in [-0.39, 0.29) is 19.0 Å². The molecule has 0 aliphatic heterocycles. The molecule has 0 amide bonds. The standard InChI is InChI=1S/C14H15N.C8H11N.C3H7NO2/c15-11-10-12-6-8-14(9-7-12)13-4-2-1-3-5-13;1-7(9)8-5-3-2-4-6-8;4-2-1-3(5)6/h1-9H,10-11,15H2;2-7H,9H2,1H3;1-2,4H2,(H,5,6). The van der Waals surface area contributed by atoms with Gasteiger partial charge in [-0.05, 0) is 42.1 Å². The lowest BCUT2D eigenvalue weighted by Crippen LogP contribution is -2.05. The number of hydrogen-bond donors (Lipinski definition) is 4. The molecule has 0 fully saturated rings. The summed E-state index contributed by atoms with van der Waals surface area (Å²) < 4.78 is 0. The molecule has 7 N–H and O–H groups in total. The fraction of sp³-hybridized carbons (Fsp3) is 0.240. The van der Waals surface area contributed by atoms with Gasteiger partial charge in [0.15, 0.2) is 0 Å². The van der Waals surface area contributed by atoms with E-state index in [4.69, 9.17) is 22.3 Å². The molecule has 5 heteroatoms. The van der Waals surface area contributed by atoms with Crippen LogP contribution in [0.15, 0.2) is 84.9 Å². The van der Waals surface area contributed by atoms with E-state index in [0.29, 0.717) is 6.54 Å². The van der Waals surface area contributed by atoms with E-state index >= 15 is 0 Å². The van der Waals surface area contributed by atoms with Crippen LogP contribution in [0.3, 0.4) is 0 Å². The molecule has 0 bridgehead atoms. The second-order valence-corrected chi connectivity index (χ2v) is 6.73. The normalized spacial score (nSPS) is 10.7. The van der Waals surface area contributed by atoms with Gasteiger partial charge in [0.05, 0.1) is 6.42 Å². The quantitative estimate of drug-likeness (QED) is 0.493. The summed E-state index contributed by atoms with van der Waals surface area (Å²) in [4.78, 5) is 9.52. The number of carboxylic acid groups (broad SMARTS) is 1. The zero-order valence-corrected chi connectivity index (χ0v) is 17.6. The number of carbonyl (C=O) groups is 1. The van der Waals surface area contributed by atoms with E-state index in [1.807, 2.05) is 43.3 Å². The first-order valence-electron chi connectivity index (χ1n) is 10.0. The first-order chi connectivity index (χ1) is 14.5. The van der Waals surface area contributed by atoms with Crippen LogP contribution in [0.2, 0.25) is 0 Å². The summed E-state index contributed by atoms with van der Waals surface area (Å²) in [6.45, 7) is 2.93.